The smallest absolute Gasteiger partial charge is 0.170 e. The lowest BCUT2D eigenvalue weighted by molar-refractivity contribution is 0.318. The number of benzene rings is 2. The van der Waals surface area contributed by atoms with Gasteiger partial charge in [0, 0.05) is 12.1 Å². The Bertz CT molecular complexity index is 626. The van der Waals surface area contributed by atoms with Crippen molar-refractivity contribution in [3.63, 3.8) is 0 Å². The summed E-state index contributed by atoms with van der Waals surface area (Å²) in [6.45, 7) is 0.368. The van der Waals surface area contributed by atoms with E-state index in [2.05, 4.69) is 10.5 Å². The van der Waals surface area contributed by atoms with E-state index in [0.717, 1.165) is 5.56 Å². The molecule has 6 heteroatoms. The summed E-state index contributed by atoms with van der Waals surface area (Å²) in [4.78, 5) is 0. The fourth-order valence-corrected chi connectivity index (χ4v) is 1.99. The molecule has 0 aliphatic rings. The zero-order valence-corrected chi connectivity index (χ0v) is 11.2. The largest absolute Gasteiger partial charge is 0.409 e. The molecule has 0 bridgehead atoms. The third-order valence-electron chi connectivity index (χ3n) is 2.76. The normalized spacial score (nSPS) is 11.4. The van der Waals surface area contributed by atoms with Gasteiger partial charge in [0.1, 0.15) is 5.82 Å². The Kier molecular flexibility index (Phi) is 4.42. The maximum Gasteiger partial charge on any atom is 0.170 e. The molecule has 104 valence electrons. The van der Waals surface area contributed by atoms with Crippen molar-refractivity contribution in [3.8, 4) is 0 Å². The quantitative estimate of drug-likeness (QED) is 0.351. The molecular formula is C14H13ClFN3O. The highest BCUT2D eigenvalue weighted by atomic mass is 35.5. The fraction of sp³-hybridized carbons (Fsp3) is 0.0714. The van der Waals surface area contributed by atoms with Crippen LogP contribution in [0.5, 0.6) is 0 Å². The SMILES string of the molecule is N/C(=N/O)c1cccc(CNc2c(F)cccc2Cl)c1. The zero-order chi connectivity index (χ0) is 14.5. The second kappa shape index (κ2) is 6.25. The zero-order valence-electron chi connectivity index (χ0n) is 10.5. The summed E-state index contributed by atoms with van der Waals surface area (Å²) in [5.41, 5.74) is 7.21. The maximum atomic E-state index is 13.6. The predicted molar refractivity (Wildman–Crippen MR) is 77.7 cm³/mol. The van der Waals surface area contributed by atoms with Crippen LogP contribution >= 0.6 is 11.6 Å². The second-order valence-corrected chi connectivity index (χ2v) is 4.54. The summed E-state index contributed by atoms with van der Waals surface area (Å²) in [5, 5.41) is 14.8. The molecule has 0 unspecified atom stereocenters. The monoisotopic (exact) mass is 293 g/mol. The number of hydrogen-bond acceptors (Lipinski definition) is 3. The molecule has 0 heterocycles. The van der Waals surface area contributed by atoms with E-state index in [1.807, 2.05) is 6.07 Å². The number of halogens is 2. The predicted octanol–water partition coefficient (Wildman–Crippen LogP) is 3.19. The van der Waals surface area contributed by atoms with Gasteiger partial charge in [0.25, 0.3) is 0 Å². The Hall–Kier alpha value is -2.27. The molecule has 0 aliphatic carbocycles. The number of rotatable bonds is 4. The first-order valence-corrected chi connectivity index (χ1v) is 6.24. The van der Waals surface area contributed by atoms with Crippen molar-refractivity contribution in [1.82, 2.24) is 0 Å². The number of para-hydroxylation sites is 1. The number of anilines is 1. The van der Waals surface area contributed by atoms with E-state index in [9.17, 15) is 4.39 Å². The van der Waals surface area contributed by atoms with Gasteiger partial charge in [0.05, 0.1) is 10.7 Å². The molecule has 4 nitrogen and oxygen atoms in total. The maximum absolute atomic E-state index is 13.6. The van der Waals surface area contributed by atoms with Gasteiger partial charge in [-0.1, -0.05) is 41.0 Å². The van der Waals surface area contributed by atoms with Crippen molar-refractivity contribution in [2.24, 2.45) is 10.9 Å². The van der Waals surface area contributed by atoms with Gasteiger partial charge < -0.3 is 16.3 Å². The van der Waals surface area contributed by atoms with Gasteiger partial charge in [-0.3, -0.25) is 0 Å². The van der Waals surface area contributed by atoms with Crippen LogP contribution in [0.25, 0.3) is 0 Å². The molecule has 2 aromatic carbocycles. The number of nitrogens with one attached hydrogen (secondary N) is 1. The molecule has 0 saturated heterocycles. The van der Waals surface area contributed by atoms with Gasteiger partial charge in [0.2, 0.25) is 0 Å². The summed E-state index contributed by atoms with van der Waals surface area (Å²) < 4.78 is 13.6. The van der Waals surface area contributed by atoms with E-state index < -0.39 is 5.82 Å². The van der Waals surface area contributed by atoms with Crippen LogP contribution in [-0.2, 0) is 6.54 Å². The summed E-state index contributed by atoms with van der Waals surface area (Å²) in [6, 6.07) is 11.6. The molecule has 0 atom stereocenters. The van der Waals surface area contributed by atoms with Crippen LogP contribution in [-0.4, -0.2) is 11.0 Å². The highest BCUT2D eigenvalue weighted by Crippen LogP contribution is 2.25. The topological polar surface area (TPSA) is 70.6 Å². The summed E-state index contributed by atoms with van der Waals surface area (Å²) in [5.74, 6) is -0.388. The molecule has 0 saturated carbocycles. The van der Waals surface area contributed by atoms with Crippen LogP contribution in [0.3, 0.4) is 0 Å². The summed E-state index contributed by atoms with van der Waals surface area (Å²) in [6.07, 6.45) is 0. The standard InChI is InChI=1S/C14H13ClFN3O/c15-11-5-2-6-12(16)13(11)18-8-9-3-1-4-10(7-9)14(17)19-20/h1-7,18,20H,8H2,(H2,17,19). The highest BCUT2D eigenvalue weighted by molar-refractivity contribution is 6.33. The molecule has 4 N–H and O–H groups in total. The number of amidine groups is 1. The van der Waals surface area contributed by atoms with Gasteiger partial charge >= 0.3 is 0 Å². The number of nitrogens with zero attached hydrogens (tertiary/aromatic N) is 1. The molecule has 0 aliphatic heterocycles. The lowest BCUT2D eigenvalue weighted by atomic mass is 10.1. The first kappa shape index (κ1) is 14.1. The Morgan fingerprint density at radius 1 is 1.30 bits per heavy atom. The Morgan fingerprint density at radius 2 is 2.05 bits per heavy atom. The van der Waals surface area contributed by atoms with Crippen LogP contribution in [0.15, 0.2) is 47.6 Å². The molecular weight excluding hydrogens is 281 g/mol. The van der Waals surface area contributed by atoms with Crippen molar-refractivity contribution in [3.05, 3.63) is 64.4 Å². The Balaban J connectivity index is 2.15. The molecule has 0 aromatic heterocycles. The molecule has 20 heavy (non-hydrogen) atoms. The van der Waals surface area contributed by atoms with E-state index in [0.29, 0.717) is 17.1 Å². The molecule has 0 spiro atoms. The van der Waals surface area contributed by atoms with Crippen molar-refractivity contribution in [2.45, 2.75) is 6.54 Å². The minimum Gasteiger partial charge on any atom is -0.409 e. The molecule has 0 fully saturated rings. The molecule has 2 rings (SSSR count). The third kappa shape index (κ3) is 3.19. The van der Waals surface area contributed by atoms with Gasteiger partial charge in [-0.05, 0) is 23.8 Å². The Morgan fingerprint density at radius 3 is 2.75 bits per heavy atom. The molecule has 2 aromatic rings. The summed E-state index contributed by atoms with van der Waals surface area (Å²) >= 11 is 5.93. The van der Waals surface area contributed by atoms with Gasteiger partial charge in [-0.15, -0.1) is 0 Å². The van der Waals surface area contributed by atoms with Crippen LogP contribution in [0.1, 0.15) is 11.1 Å². The third-order valence-corrected chi connectivity index (χ3v) is 3.08. The average Bonchev–Trinajstić information content (AvgIpc) is 2.46. The number of nitrogens with two attached hydrogens (primary N) is 1. The van der Waals surface area contributed by atoms with Crippen LogP contribution in [0.2, 0.25) is 5.02 Å². The molecule has 0 radical (unpaired) electrons. The van der Waals surface area contributed by atoms with Crippen LogP contribution in [0, 0.1) is 5.82 Å². The lowest BCUT2D eigenvalue weighted by Crippen LogP contribution is -2.13. The number of oxime groups is 1. The summed E-state index contributed by atoms with van der Waals surface area (Å²) in [7, 11) is 0. The first-order valence-electron chi connectivity index (χ1n) is 5.86. The van der Waals surface area contributed by atoms with Crippen molar-refractivity contribution >= 4 is 23.1 Å². The Labute approximate surface area is 120 Å². The minimum absolute atomic E-state index is 0.0239. The van der Waals surface area contributed by atoms with E-state index >= 15 is 0 Å². The first-order chi connectivity index (χ1) is 9.61. The number of hydrogen-bond donors (Lipinski definition) is 3. The van der Waals surface area contributed by atoms with Crippen molar-refractivity contribution in [1.29, 1.82) is 0 Å². The van der Waals surface area contributed by atoms with Crippen molar-refractivity contribution < 1.29 is 9.60 Å². The van der Waals surface area contributed by atoms with Gasteiger partial charge in [0.15, 0.2) is 5.84 Å². The van der Waals surface area contributed by atoms with Crippen molar-refractivity contribution in [2.75, 3.05) is 5.32 Å². The second-order valence-electron chi connectivity index (χ2n) is 4.14. The van der Waals surface area contributed by atoms with E-state index in [-0.39, 0.29) is 11.5 Å². The van der Waals surface area contributed by atoms with Gasteiger partial charge in [-0.25, -0.2) is 4.39 Å². The van der Waals surface area contributed by atoms with E-state index in [1.54, 1.807) is 30.3 Å². The van der Waals surface area contributed by atoms with E-state index in [4.69, 9.17) is 22.5 Å². The van der Waals surface area contributed by atoms with Crippen LogP contribution < -0.4 is 11.1 Å². The minimum atomic E-state index is -0.412. The van der Waals surface area contributed by atoms with Crippen LogP contribution in [0.4, 0.5) is 10.1 Å². The fourth-order valence-electron chi connectivity index (χ4n) is 1.76. The highest BCUT2D eigenvalue weighted by Gasteiger charge is 2.06. The molecule has 0 amide bonds. The van der Waals surface area contributed by atoms with E-state index in [1.165, 1.54) is 6.07 Å². The lowest BCUT2D eigenvalue weighted by Gasteiger charge is -2.10. The van der Waals surface area contributed by atoms with Gasteiger partial charge in [-0.2, -0.15) is 0 Å². The average molecular weight is 294 g/mol.